The molecule has 0 radical (unpaired) electrons. The second kappa shape index (κ2) is 6.17. The third-order valence-corrected chi connectivity index (χ3v) is 5.45. The average molecular weight is 370 g/mol. The quantitative estimate of drug-likeness (QED) is 0.867. The molecule has 21 heavy (non-hydrogen) atoms. The molecule has 0 saturated heterocycles. The van der Waals surface area contributed by atoms with Crippen LogP contribution in [0.4, 0.5) is 5.69 Å². The van der Waals surface area contributed by atoms with Gasteiger partial charge in [-0.1, -0.05) is 18.2 Å². The summed E-state index contributed by atoms with van der Waals surface area (Å²) in [6.45, 7) is 3.38. The molecule has 0 saturated carbocycles. The van der Waals surface area contributed by atoms with E-state index in [0.717, 1.165) is 5.56 Å². The molecule has 2 aromatic rings. The lowest BCUT2D eigenvalue weighted by molar-refractivity contribution is 0.281. The Hall–Kier alpha value is -1.37. The van der Waals surface area contributed by atoms with Crippen molar-refractivity contribution in [2.45, 2.75) is 25.3 Å². The van der Waals surface area contributed by atoms with Crippen molar-refractivity contribution < 1.29 is 13.5 Å². The van der Waals surface area contributed by atoms with E-state index < -0.39 is 10.0 Å². The van der Waals surface area contributed by atoms with Gasteiger partial charge in [-0.05, 0) is 64.7 Å². The molecule has 0 atom stereocenters. The smallest absolute Gasteiger partial charge is 0.262 e. The van der Waals surface area contributed by atoms with Gasteiger partial charge in [0.2, 0.25) is 0 Å². The number of aryl methyl sites for hydroxylation is 1. The number of aliphatic hydroxyl groups excluding tert-OH is 1. The molecule has 4 nitrogen and oxygen atoms in total. The number of aliphatic hydroxyl groups is 1. The standard InChI is InChI=1S/C15H16BrNO3S/c1-10-7-12(9-18)8-15(11(10)2)21(19,20)17-14-6-4-3-5-13(14)16/h3-8,17-18H,9H2,1-2H3. The third kappa shape index (κ3) is 3.45. The van der Waals surface area contributed by atoms with E-state index in [1.807, 2.05) is 13.0 Å². The van der Waals surface area contributed by atoms with Crippen molar-refractivity contribution in [3.8, 4) is 0 Å². The van der Waals surface area contributed by atoms with E-state index >= 15 is 0 Å². The monoisotopic (exact) mass is 369 g/mol. The Kier molecular flexibility index (Phi) is 4.70. The second-order valence-electron chi connectivity index (χ2n) is 4.78. The highest BCUT2D eigenvalue weighted by molar-refractivity contribution is 9.10. The molecule has 0 aliphatic rings. The van der Waals surface area contributed by atoms with Crippen LogP contribution in [-0.2, 0) is 16.6 Å². The molecule has 0 aromatic heterocycles. The van der Waals surface area contributed by atoms with Crippen LogP contribution in [0.1, 0.15) is 16.7 Å². The summed E-state index contributed by atoms with van der Waals surface area (Å²) in [4.78, 5) is 0.183. The van der Waals surface area contributed by atoms with Gasteiger partial charge >= 0.3 is 0 Å². The number of para-hydroxylation sites is 1. The summed E-state index contributed by atoms with van der Waals surface area (Å²) >= 11 is 3.32. The van der Waals surface area contributed by atoms with Crippen molar-refractivity contribution in [2.75, 3.05) is 4.72 Å². The Morgan fingerprint density at radius 2 is 1.86 bits per heavy atom. The largest absolute Gasteiger partial charge is 0.392 e. The Labute approximate surface area is 133 Å². The predicted molar refractivity (Wildman–Crippen MR) is 86.8 cm³/mol. The molecule has 2 rings (SSSR count). The van der Waals surface area contributed by atoms with Gasteiger partial charge in [-0.15, -0.1) is 0 Å². The van der Waals surface area contributed by atoms with E-state index in [0.29, 0.717) is 21.3 Å². The van der Waals surface area contributed by atoms with Crippen molar-refractivity contribution in [1.82, 2.24) is 0 Å². The molecule has 2 aromatic carbocycles. The normalized spacial score (nSPS) is 11.4. The zero-order valence-electron chi connectivity index (χ0n) is 11.7. The van der Waals surface area contributed by atoms with E-state index in [2.05, 4.69) is 20.7 Å². The highest BCUT2D eigenvalue weighted by Gasteiger charge is 2.19. The van der Waals surface area contributed by atoms with Crippen molar-refractivity contribution in [3.05, 3.63) is 57.6 Å². The van der Waals surface area contributed by atoms with Crippen LogP contribution in [0.15, 0.2) is 45.8 Å². The average Bonchev–Trinajstić information content (AvgIpc) is 2.43. The van der Waals surface area contributed by atoms with E-state index in [4.69, 9.17) is 0 Å². The molecule has 0 amide bonds. The van der Waals surface area contributed by atoms with Crippen molar-refractivity contribution >= 4 is 31.6 Å². The van der Waals surface area contributed by atoms with Crippen LogP contribution >= 0.6 is 15.9 Å². The number of rotatable bonds is 4. The SMILES string of the molecule is Cc1cc(CO)cc(S(=O)(=O)Nc2ccccc2Br)c1C. The lowest BCUT2D eigenvalue weighted by atomic mass is 10.1. The maximum atomic E-state index is 12.6. The van der Waals surface area contributed by atoms with E-state index in [1.54, 1.807) is 31.2 Å². The zero-order chi connectivity index (χ0) is 15.6. The maximum Gasteiger partial charge on any atom is 0.262 e. The predicted octanol–water partition coefficient (Wildman–Crippen LogP) is 3.36. The molecule has 0 unspecified atom stereocenters. The van der Waals surface area contributed by atoms with Gasteiger partial charge < -0.3 is 5.11 Å². The second-order valence-corrected chi connectivity index (χ2v) is 7.28. The lowest BCUT2D eigenvalue weighted by Gasteiger charge is -2.14. The number of nitrogens with one attached hydrogen (secondary N) is 1. The highest BCUT2D eigenvalue weighted by Crippen LogP contribution is 2.27. The number of sulfonamides is 1. The summed E-state index contributed by atoms with van der Waals surface area (Å²) in [5, 5.41) is 9.25. The van der Waals surface area contributed by atoms with Crippen molar-refractivity contribution in [2.24, 2.45) is 0 Å². The van der Waals surface area contributed by atoms with Gasteiger partial charge in [0.05, 0.1) is 17.2 Å². The summed E-state index contributed by atoms with van der Waals surface area (Å²) in [7, 11) is -3.71. The number of halogens is 1. The van der Waals surface area contributed by atoms with Crippen LogP contribution in [0.3, 0.4) is 0 Å². The van der Waals surface area contributed by atoms with Crippen LogP contribution in [0.25, 0.3) is 0 Å². The molecule has 0 aliphatic heterocycles. The molecule has 0 spiro atoms. The molecule has 0 bridgehead atoms. The zero-order valence-corrected chi connectivity index (χ0v) is 14.1. The van der Waals surface area contributed by atoms with Gasteiger partial charge in [0.1, 0.15) is 0 Å². The molecule has 112 valence electrons. The summed E-state index contributed by atoms with van der Waals surface area (Å²) in [5.74, 6) is 0. The molecular formula is C15H16BrNO3S. The molecule has 6 heteroatoms. The number of hydrogen-bond acceptors (Lipinski definition) is 3. The van der Waals surface area contributed by atoms with Crippen molar-refractivity contribution in [1.29, 1.82) is 0 Å². The first-order chi connectivity index (χ1) is 9.85. The molecule has 0 aliphatic carbocycles. The summed E-state index contributed by atoms with van der Waals surface area (Å²) in [6, 6.07) is 10.3. The Balaban J connectivity index is 2.50. The topological polar surface area (TPSA) is 66.4 Å². The first-order valence-corrected chi connectivity index (χ1v) is 8.61. The Morgan fingerprint density at radius 1 is 1.19 bits per heavy atom. The minimum atomic E-state index is -3.71. The molecule has 2 N–H and O–H groups in total. The van der Waals surface area contributed by atoms with Gasteiger partial charge in [-0.3, -0.25) is 4.72 Å². The third-order valence-electron chi connectivity index (χ3n) is 3.27. The molecule has 0 fully saturated rings. The van der Waals surface area contributed by atoms with E-state index in [1.165, 1.54) is 6.07 Å². The van der Waals surface area contributed by atoms with Crippen molar-refractivity contribution in [3.63, 3.8) is 0 Å². The van der Waals surface area contributed by atoms with E-state index in [-0.39, 0.29) is 11.5 Å². The summed E-state index contributed by atoms with van der Waals surface area (Å²) in [6.07, 6.45) is 0. The van der Waals surface area contributed by atoms with Crippen LogP contribution in [0.2, 0.25) is 0 Å². The van der Waals surface area contributed by atoms with Gasteiger partial charge in [0, 0.05) is 4.47 Å². The number of benzene rings is 2. The summed E-state index contributed by atoms with van der Waals surface area (Å²) in [5.41, 5.74) is 2.55. The fourth-order valence-electron chi connectivity index (χ4n) is 2.01. The fourth-order valence-corrected chi connectivity index (χ4v) is 3.98. The summed E-state index contributed by atoms with van der Waals surface area (Å²) < 4.78 is 28.4. The lowest BCUT2D eigenvalue weighted by Crippen LogP contribution is -2.15. The maximum absolute atomic E-state index is 12.6. The molecular weight excluding hydrogens is 354 g/mol. The van der Waals surface area contributed by atoms with Crippen LogP contribution in [0, 0.1) is 13.8 Å². The first kappa shape index (κ1) is 16.0. The fraction of sp³-hybridized carbons (Fsp3) is 0.200. The minimum absolute atomic E-state index is 0.183. The number of hydrogen-bond donors (Lipinski definition) is 2. The van der Waals surface area contributed by atoms with Crippen LogP contribution in [-0.4, -0.2) is 13.5 Å². The molecule has 0 heterocycles. The minimum Gasteiger partial charge on any atom is -0.392 e. The highest BCUT2D eigenvalue weighted by atomic mass is 79.9. The number of anilines is 1. The van der Waals surface area contributed by atoms with Gasteiger partial charge in [-0.2, -0.15) is 0 Å². The Bertz CT molecular complexity index is 772. The van der Waals surface area contributed by atoms with Gasteiger partial charge in [0.25, 0.3) is 10.0 Å². The van der Waals surface area contributed by atoms with Crippen LogP contribution in [0.5, 0.6) is 0 Å². The van der Waals surface area contributed by atoms with Gasteiger partial charge in [-0.25, -0.2) is 8.42 Å². The Morgan fingerprint density at radius 3 is 2.48 bits per heavy atom. The van der Waals surface area contributed by atoms with E-state index in [9.17, 15) is 13.5 Å². The van der Waals surface area contributed by atoms with Gasteiger partial charge in [0.15, 0.2) is 0 Å². The first-order valence-electron chi connectivity index (χ1n) is 6.33. The van der Waals surface area contributed by atoms with Crippen LogP contribution < -0.4 is 4.72 Å².